The predicted molar refractivity (Wildman–Crippen MR) is 79.0 cm³/mol. The standard InChI is InChI=1S/C12H13FN4OS2/c1-7(10(18)14-2)19-12-17-16-11(20-12)15-9-5-3-4-8(13)6-9/h3-7H,1-2H3,(H,14,18)(H,15,16). The van der Waals surface area contributed by atoms with Crippen molar-refractivity contribution in [3.63, 3.8) is 0 Å². The first-order valence-electron chi connectivity index (χ1n) is 5.83. The number of aromatic nitrogens is 2. The Morgan fingerprint density at radius 3 is 2.95 bits per heavy atom. The molecule has 0 saturated carbocycles. The van der Waals surface area contributed by atoms with Gasteiger partial charge in [0, 0.05) is 12.7 Å². The molecule has 0 fully saturated rings. The molecule has 0 aliphatic rings. The molecule has 0 radical (unpaired) electrons. The second kappa shape index (κ2) is 6.67. The Bertz CT molecular complexity index is 605. The van der Waals surface area contributed by atoms with Gasteiger partial charge in [-0.1, -0.05) is 29.2 Å². The zero-order valence-electron chi connectivity index (χ0n) is 10.9. The van der Waals surface area contributed by atoms with Crippen molar-refractivity contribution in [2.45, 2.75) is 16.5 Å². The molecular formula is C12H13FN4OS2. The number of nitrogens with one attached hydrogen (secondary N) is 2. The fourth-order valence-corrected chi connectivity index (χ4v) is 3.38. The van der Waals surface area contributed by atoms with E-state index in [1.54, 1.807) is 26.1 Å². The zero-order chi connectivity index (χ0) is 14.5. The molecule has 2 rings (SSSR count). The van der Waals surface area contributed by atoms with Gasteiger partial charge in [0.2, 0.25) is 11.0 Å². The van der Waals surface area contributed by atoms with Crippen LogP contribution in [0.25, 0.3) is 0 Å². The highest BCUT2D eigenvalue weighted by atomic mass is 32.2. The van der Waals surface area contributed by atoms with Crippen LogP contribution in [0.3, 0.4) is 0 Å². The summed E-state index contributed by atoms with van der Waals surface area (Å²) in [7, 11) is 1.59. The molecule has 20 heavy (non-hydrogen) atoms. The Hall–Kier alpha value is -1.67. The van der Waals surface area contributed by atoms with Gasteiger partial charge in [0.15, 0.2) is 4.34 Å². The van der Waals surface area contributed by atoms with E-state index in [1.807, 2.05) is 0 Å². The average molecular weight is 312 g/mol. The van der Waals surface area contributed by atoms with E-state index in [-0.39, 0.29) is 17.0 Å². The maximum absolute atomic E-state index is 13.1. The van der Waals surface area contributed by atoms with E-state index >= 15 is 0 Å². The van der Waals surface area contributed by atoms with Gasteiger partial charge >= 0.3 is 0 Å². The Balaban J connectivity index is 2.00. The largest absolute Gasteiger partial charge is 0.358 e. The van der Waals surface area contributed by atoms with Crippen molar-refractivity contribution in [3.05, 3.63) is 30.1 Å². The molecule has 1 aromatic carbocycles. The number of nitrogens with zero attached hydrogens (tertiary/aromatic N) is 2. The van der Waals surface area contributed by atoms with Gasteiger partial charge in [-0.3, -0.25) is 4.79 Å². The summed E-state index contributed by atoms with van der Waals surface area (Å²) in [5.74, 6) is -0.382. The summed E-state index contributed by atoms with van der Waals surface area (Å²) in [6.45, 7) is 1.80. The summed E-state index contributed by atoms with van der Waals surface area (Å²) in [6, 6.07) is 6.10. The van der Waals surface area contributed by atoms with Gasteiger partial charge in [-0.2, -0.15) is 0 Å². The number of rotatable bonds is 5. The van der Waals surface area contributed by atoms with E-state index in [2.05, 4.69) is 20.8 Å². The Labute approximate surface area is 124 Å². The van der Waals surface area contributed by atoms with Crippen molar-refractivity contribution >= 4 is 39.8 Å². The van der Waals surface area contributed by atoms with E-state index in [0.29, 0.717) is 15.2 Å². The van der Waals surface area contributed by atoms with Gasteiger partial charge in [0.25, 0.3) is 0 Å². The minimum Gasteiger partial charge on any atom is -0.358 e. The number of hydrogen-bond acceptors (Lipinski definition) is 6. The monoisotopic (exact) mass is 312 g/mol. The first kappa shape index (κ1) is 14.7. The quantitative estimate of drug-likeness (QED) is 0.831. The van der Waals surface area contributed by atoms with Gasteiger partial charge < -0.3 is 10.6 Å². The van der Waals surface area contributed by atoms with Crippen LogP contribution in [0.15, 0.2) is 28.6 Å². The summed E-state index contributed by atoms with van der Waals surface area (Å²) in [6.07, 6.45) is 0. The molecule has 1 atom stereocenters. The Morgan fingerprint density at radius 1 is 1.45 bits per heavy atom. The topological polar surface area (TPSA) is 66.9 Å². The molecule has 106 valence electrons. The predicted octanol–water partition coefficient (Wildman–Crippen LogP) is 2.65. The SMILES string of the molecule is CNC(=O)C(C)Sc1nnc(Nc2cccc(F)c2)s1. The fraction of sp³-hybridized carbons (Fsp3) is 0.250. The maximum Gasteiger partial charge on any atom is 0.233 e. The summed E-state index contributed by atoms with van der Waals surface area (Å²) >= 11 is 2.65. The average Bonchev–Trinajstić information content (AvgIpc) is 2.85. The number of anilines is 2. The van der Waals surface area contributed by atoms with E-state index in [4.69, 9.17) is 0 Å². The second-order valence-corrected chi connectivity index (χ2v) is 6.45. The Morgan fingerprint density at radius 2 is 2.25 bits per heavy atom. The van der Waals surface area contributed by atoms with Gasteiger partial charge in [-0.05, 0) is 25.1 Å². The number of amides is 1. The molecule has 2 aromatic rings. The molecule has 0 saturated heterocycles. The molecule has 8 heteroatoms. The number of halogens is 1. The number of carbonyl (C=O) groups is 1. The summed E-state index contributed by atoms with van der Waals surface area (Å²) < 4.78 is 13.7. The molecule has 0 aliphatic carbocycles. The highest BCUT2D eigenvalue weighted by Gasteiger charge is 2.15. The Kier molecular flexibility index (Phi) is 4.91. The lowest BCUT2D eigenvalue weighted by atomic mass is 10.3. The number of benzene rings is 1. The smallest absolute Gasteiger partial charge is 0.233 e. The highest BCUT2D eigenvalue weighted by Crippen LogP contribution is 2.30. The number of hydrogen-bond donors (Lipinski definition) is 2. The third kappa shape index (κ3) is 3.91. The molecule has 1 aromatic heterocycles. The number of carbonyl (C=O) groups excluding carboxylic acids is 1. The van der Waals surface area contributed by atoms with E-state index in [1.165, 1.54) is 35.2 Å². The van der Waals surface area contributed by atoms with E-state index < -0.39 is 0 Å². The summed E-state index contributed by atoms with van der Waals surface area (Å²) in [5, 5.41) is 13.8. The minimum absolute atomic E-state index is 0.0650. The summed E-state index contributed by atoms with van der Waals surface area (Å²) in [4.78, 5) is 11.4. The van der Waals surface area contributed by atoms with E-state index in [0.717, 1.165) is 0 Å². The van der Waals surface area contributed by atoms with Crippen LogP contribution in [0.4, 0.5) is 15.2 Å². The molecule has 2 N–H and O–H groups in total. The molecule has 0 aliphatic heterocycles. The van der Waals surface area contributed by atoms with Crippen molar-refractivity contribution in [3.8, 4) is 0 Å². The first-order valence-corrected chi connectivity index (χ1v) is 7.52. The normalized spacial score (nSPS) is 11.9. The zero-order valence-corrected chi connectivity index (χ0v) is 12.5. The maximum atomic E-state index is 13.1. The third-order valence-corrected chi connectivity index (χ3v) is 4.40. The van der Waals surface area contributed by atoms with Crippen molar-refractivity contribution < 1.29 is 9.18 Å². The highest BCUT2D eigenvalue weighted by molar-refractivity contribution is 8.02. The van der Waals surface area contributed by atoms with Crippen LogP contribution in [0.1, 0.15) is 6.92 Å². The van der Waals surface area contributed by atoms with Crippen molar-refractivity contribution in [1.29, 1.82) is 0 Å². The third-order valence-electron chi connectivity index (χ3n) is 2.38. The van der Waals surface area contributed by atoms with Crippen LogP contribution < -0.4 is 10.6 Å². The van der Waals surface area contributed by atoms with Gasteiger partial charge in [0.05, 0.1) is 5.25 Å². The van der Waals surface area contributed by atoms with Crippen LogP contribution >= 0.6 is 23.1 Å². The van der Waals surface area contributed by atoms with Crippen LogP contribution in [0, 0.1) is 5.82 Å². The first-order chi connectivity index (χ1) is 9.58. The molecule has 5 nitrogen and oxygen atoms in total. The molecule has 0 bridgehead atoms. The lowest BCUT2D eigenvalue weighted by molar-refractivity contribution is -0.119. The van der Waals surface area contributed by atoms with Crippen LogP contribution in [0.5, 0.6) is 0 Å². The molecule has 1 heterocycles. The van der Waals surface area contributed by atoms with Crippen LogP contribution in [-0.2, 0) is 4.79 Å². The van der Waals surface area contributed by atoms with Crippen LogP contribution in [0.2, 0.25) is 0 Å². The minimum atomic E-state index is -0.317. The van der Waals surface area contributed by atoms with Crippen molar-refractivity contribution in [1.82, 2.24) is 15.5 Å². The molecule has 1 unspecified atom stereocenters. The van der Waals surface area contributed by atoms with Gasteiger partial charge in [-0.15, -0.1) is 10.2 Å². The van der Waals surface area contributed by atoms with Crippen LogP contribution in [-0.4, -0.2) is 28.4 Å². The van der Waals surface area contributed by atoms with Crippen molar-refractivity contribution in [2.75, 3.05) is 12.4 Å². The van der Waals surface area contributed by atoms with E-state index in [9.17, 15) is 9.18 Å². The molecular weight excluding hydrogens is 299 g/mol. The molecule has 1 amide bonds. The number of thioether (sulfide) groups is 1. The second-order valence-electron chi connectivity index (χ2n) is 3.88. The fourth-order valence-electron chi connectivity index (χ4n) is 1.41. The van der Waals surface area contributed by atoms with Gasteiger partial charge in [0.1, 0.15) is 5.82 Å². The van der Waals surface area contributed by atoms with Gasteiger partial charge in [-0.25, -0.2) is 4.39 Å². The molecule has 0 spiro atoms. The lowest BCUT2D eigenvalue weighted by Gasteiger charge is -2.05. The lowest BCUT2D eigenvalue weighted by Crippen LogP contribution is -2.27. The summed E-state index contributed by atoms with van der Waals surface area (Å²) in [5.41, 5.74) is 0.608. The van der Waals surface area contributed by atoms with Crippen molar-refractivity contribution in [2.24, 2.45) is 0 Å².